The van der Waals surface area contributed by atoms with Crippen LogP contribution in [-0.4, -0.2) is 35.3 Å². The van der Waals surface area contributed by atoms with E-state index in [2.05, 4.69) is 72.9 Å². The minimum absolute atomic E-state index is 0.0570. The largest absolute Gasteiger partial charge is 0.333 e. The van der Waals surface area contributed by atoms with E-state index in [1.807, 2.05) is 6.07 Å². The minimum Gasteiger partial charge on any atom is -0.333 e. The van der Waals surface area contributed by atoms with Gasteiger partial charge < -0.3 is 9.47 Å². The van der Waals surface area contributed by atoms with Crippen molar-refractivity contribution in [3.8, 4) is 0 Å². The van der Waals surface area contributed by atoms with Gasteiger partial charge in [0.1, 0.15) is 6.10 Å². The number of halogens is 1. The fraction of sp³-hybridized carbons (Fsp3) is 0.667. The molecule has 0 saturated carbocycles. The van der Waals surface area contributed by atoms with Crippen molar-refractivity contribution in [1.29, 1.82) is 0 Å². The first-order valence-electron chi connectivity index (χ1n) is 8.19. The Kier molecular flexibility index (Phi) is 4.66. The number of nitrogens with zero attached hydrogens (tertiary/aromatic N) is 1. The number of rotatable bonds is 3. The predicted molar refractivity (Wildman–Crippen MR) is 91.8 cm³/mol. The predicted octanol–water partition coefficient (Wildman–Crippen LogP) is 4.19. The highest BCUT2D eigenvalue weighted by molar-refractivity contribution is 9.09. The lowest BCUT2D eigenvalue weighted by atomic mass is 9.89. The lowest BCUT2D eigenvalue weighted by molar-refractivity contribution is -0.292. The van der Waals surface area contributed by atoms with Crippen LogP contribution < -0.4 is 0 Å². The van der Waals surface area contributed by atoms with Gasteiger partial charge in [-0.1, -0.05) is 60.1 Å². The highest BCUT2D eigenvalue weighted by atomic mass is 79.9. The van der Waals surface area contributed by atoms with E-state index in [9.17, 15) is 0 Å². The van der Waals surface area contributed by atoms with Crippen molar-refractivity contribution in [2.75, 3.05) is 12.4 Å². The number of alkyl halides is 1. The maximum atomic E-state index is 6.61. The molecule has 2 aliphatic rings. The van der Waals surface area contributed by atoms with Gasteiger partial charge in [-0.3, -0.25) is 0 Å². The van der Waals surface area contributed by atoms with E-state index in [4.69, 9.17) is 9.47 Å². The number of likely N-dealkylation sites (N-methyl/N-ethyl adjacent to an activating group) is 1. The Morgan fingerprint density at radius 2 is 1.95 bits per heavy atom. The summed E-state index contributed by atoms with van der Waals surface area (Å²) >= 11 is 3.58. The molecule has 3 nitrogen and oxygen atoms in total. The van der Waals surface area contributed by atoms with Crippen LogP contribution in [0.3, 0.4) is 0 Å². The molecular weight excluding hydrogens is 342 g/mol. The molecule has 0 amide bonds. The summed E-state index contributed by atoms with van der Waals surface area (Å²) in [6, 6.07) is 10.8. The molecule has 2 fully saturated rings. The van der Waals surface area contributed by atoms with E-state index in [-0.39, 0.29) is 18.2 Å². The van der Waals surface area contributed by atoms with Crippen LogP contribution >= 0.6 is 15.9 Å². The zero-order valence-electron chi connectivity index (χ0n) is 13.8. The number of hydrogen-bond donors (Lipinski definition) is 0. The molecule has 0 N–H and O–H groups in total. The van der Waals surface area contributed by atoms with E-state index in [1.54, 1.807) is 0 Å². The molecule has 3 rings (SSSR count). The smallest absolute Gasteiger partial charge is 0.234 e. The summed E-state index contributed by atoms with van der Waals surface area (Å²) in [6.07, 6.45) is 1.32. The van der Waals surface area contributed by atoms with Crippen LogP contribution in [0.15, 0.2) is 30.3 Å². The van der Waals surface area contributed by atoms with Crippen molar-refractivity contribution >= 4 is 15.9 Å². The van der Waals surface area contributed by atoms with Gasteiger partial charge in [-0.2, -0.15) is 0 Å². The second-order valence-corrected chi connectivity index (χ2v) is 7.56. The fourth-order valence-electron chi connectivity index (χ4n) is 3.89. The quantitative estimate of drug-likeness (QED) is 0.747. The normalized spacial score (nSPS) is 39.2. The van der Waals surface area contributed by atoms with Crippen LogP contribution in [-0.2, 0) is 9.47 Å². The lowest BCUT2D eigenvalue weighted by Gasteiger charge is -2.38. The molecule has 2 saturated heterocycles. The highest BCUT2D eigenvalue weighted by Crippen LogP contribution is 2.52. The van der Waals surface area contributed by atoms with Crippen LogP contribution in [0.2, 0.25) is 0 Å². The molecule has 0 radical (unpaired) electrons. The molecule has 4 heteroatoms. The summed E-state index contributed by atoms with van der Waals surface area (Å²) in [6.45, 7) is 6.77. The average molecular weight is 368 g/mol. The van der Waals surface area contributed by atoms with Gasteiger partial charge in [0.2, 0.25) is 5.91 Å². The first-order valence-corrected chi connectivity index (χ1v) is 9.31. The summed E-state index contributed by atoms with van der Waals surface area (Å²) < 4.78 is 13.0. The zero-order valence-corrected chi connectivity index (χ0v) is 15.4. The third-order valence-electron chi connectivity index (χ3n) is 5.26. The molecule has 0 aliphatic carbocycles. The van der Waals surface area contributed by atoms with Crippen molar-refractivity contribution in [3.05, 3.63) is 35.9 Å². The third-order valence-corrected chi connectivity index (χ3v) is 5.98. The van der Waals surface area contributed by atoms with Crippen molar-refractivity contribution in [1.82, 2.24) is 4.90 Å². The topological polar surface area (TPSA) is 21.7 Å². The highest BCUT2D eigenvalue weighted by Gasteiger charge is 2.60. The molecule has 0 aromatic heterocycles. The van der Waals surface area contributed by atoms with E-state index in [0.29, 0.717) is 11.8 Å². The molecule has 22 heavy (non-hydrogen) atoms. The van der Waals surface area contributed by atoms with E-state index in [1.165, 1.54) is 5.56 Å². The molecule has 1 spiro atoms. The summed E-state index contributed by atoms with van der Waals surface area (Å²) in [7, 11) is 2.14. The van der Waals surface area contributed by atoms with Crippen molar-refractivity contribution < 1.29 is 9.47 Å². The minimum atomic E-state index is -0.591. The Balaban J connectivity index is 1.93. The van der Waals surface area contributed by atoms with Gasteiger partial charge in [0.25, 0.3) is 0 Å². The molecule has 2 heterocycles. The Morgan fingerprint density at radius 1 is 1.27 bits per heavy atom. The summed E-state index contributed by atoms with van der Waals surface area (Å²) in [5, 5.41) is 0.861. The van der Waals surface area contributed by atoms with Gasteiger partial charge in [-0.05, 0) is 31.9 Å². The molecule has 122 valence electrons. The molecule has 1 aromatic rings. The molecule has 5 atom stereocenters. The van der Waals surface area contributed by atoms with Gasteiger partial charge in [-0.25, -0.2) is 4.90 Å². The number of ether oxygens (including phenoxy) is 2. The summed E-state index contributed by atoms with van der Waals surface area (Å²) in [4.78, 5) is 2.30. The fourth-order valence-corrected chi connectivity index (χ4v) is 4.29. The third kappa shape index (κ3) is 2.54. The molecule has 0 bridgehead atoms. The Morgan fingerprint density at radius 3 is 2.55 bits per heavy atom. The Hall–Kier alpha value is -0.420. The standard InChI is InChI=1S/C18H26BrNO2/c1-12(2)16-10-15(11-19)21-18(16)20(4)13(3)17(22-18)14-8-6-5-7-9-14/h5-9,12-13,15-17H,10-11H2,1-4H3/t13-,15+,16-,17-,18-/m0/s1. The lowest BCUT2D eigenvalue weighted by Crippen LogP contribution is -2.51. The van der Waals surface area contributed by atoms with Gasteiger partial charge in [0.05, 0.1) is 6.10 Å². The van der Waals surface area contributed by atoms with E-state index >= 15 is 0 Å². The average Bonchev–Trinajstić information content (AvgIpc) is 3.02. The van der Waals surface area contributed by atoms with Crippen molar-refractivity contribution in [2.24, 2.45) is 11.8 Å². The SMILES string of the molecule is CC(C)[C@@H]1C[C@H](CBr)O[C@]12O[C@H](c1ccccc1)[C@H](C)N2C. The summed E-state index contributed by atoms with van der Waals surface area (Å²) in [5.41, 5.74) is 1.23. The Labute approximate surface area is 142 Å². The maximum Gasteiger partial charge on any atom is 0.234 e. The second-order valence-electron chi connectivity index (χ2n) is 6.91. The number of benzene rings is 1. The van der Waals surface area contributed by atoms with Gasteiger partial charge in [0, 0.05) is 17.3 Å². The van der Waals surface area contributed by atoms with Crippen LogP contribution in [0, 0.1) is 11.8 Å². The van der Waals surface area contributed by atoms with Crippen LogP contribution in [0.4, 0.5) is 0 Å². The molecule has 1 aromatic carbocycles. The summed E-state index contributed by atoms with van der Waals surface area (Å²) in [5.74, 6) is 0.316. The first-order chi connectivity index (χ1) is 10.5. The zero-order chi connectivity index (χ0) is 15.9. The van der Waals surface area contributed by atoms with E-state index < -0.39 is 5.91 Å². The first kappa shape index (κ1) is 16.4. The molecular formula is C18H26BrNO2. The van der Waals surface area contributed by atoms with Gasteiger partial charge in [0.15, 0.2) is 0 Å². The molecule has 0 unspecified atom stereocenters. The maximum absolute atomic E-state index is 6.61. The van der Waals surface area contributed by atoms with Crippen molar-refractivity contribution in [3.63, 3.8) is 0 Å². The van der Waals surface area contributed by atoms with Crippen LogP contribution in [0.5, 0.6) is 0 Å². The van der Waals surface area contributed by atoms with Crippen LogP contribution in [0.1, 0.15) is 38.9 Å². The van der Waals surface area contributed by atoms with Crippen LogP contribution in [0.25, 0.3) is 0 Å². The van der Waals surface area contributed by atoms with Gasteiger partial charge >= 0.3 is 0 Å². The number of hydrogen-bond acceptors (Lipinski definition) is 3. The Bertz CT molecular complexity index is 509. The van der Waals surface area contributed by atoms with Crippen molar-refractivity contribution in [2.45, 2.75) is 51.4 Å². The molecule has 2 aliphatic heterocycles. The van der Waals surface area contributed by atoms with Gasteiger partial charge in [-0.15, -0.1) is 0 Å². The monoisotopic (exact) mass is 367 g/mol. The second kappa shape index (κ2) is 6.23. The van der Waals surface area contributed by atoms with E-state index in [0.717, 1.165) is 11.8 Å².